The number of Topliss-reactive ketones (excluding diaryl/α,β-unsaturated/α-hetero) is 1. The van der Waals surface area contributed by atoms with Crippen LogP contribution in [0, 0.1) is 5.92 Å². The number of ketones is 1. The third-order valence-corrected chi connectivity index (χ3v) is 2.79. The molecule has 0 fully saturated rings. The Morgan fingerprint density at radius 1 is 1.11 bits per heavy atom. The molecule has 1 rings (SSSR count). The minimum atomic E-state index is -1.21. The van der Waals surface area contributed by atoms with Crippen LogP contribution in [0.5, 0.6) is 0 Å². The average molecular weight is 285 g/mol. The normalized spacial score (nSPS) is 11.5. The lowest BCUT2D eigenvalue weighted by Crippen LogP contribution is -2.33. The molecule has 0 spiro atoms. The van der Waals surface area contributed by atoms with E-state index in [0.29, 0.717) is 10.6 Å². The van der Waals surface area contributed by atoms with Gasteiger partial charge in [0.1, 0.15) is 5.92 Å². The van der Waals surface area contributed by atoms with Crippen LogP contribution in [-0.4, -0.2) is 31.9 Å². The molecule has 0 heterocycles. The summed E-state index contributed by atoms with van der Waals surface area (Å²) in [5, 5.41) is 0.540. The summed E-state index contributed by atoms with van der Waals surface area (Å²) in [6.07, 6.45) is 0.0533. The van der Waals surface area contributed by atoms with Crippen LogP contribution in [0.2, 0.25) is 5.02 Å². The number of ether oxygens (including phenoxy) is 2. The zero-order chi connectivity index (χ0) is 14.4. The third-order valence-electron chi connectivity index (χ3n) is 2.54. The average Bonchev–Trinajstić information content (AvgIpc) is 2.44. The molecular formula is C13H13ClO5. The number of hydrogen-bond acceptors (Lipinski definition) is 5. The molecule has 5 nitrogen and oxygen atoms in total. The molecule has 0 bridgehead atoms. The first-order chi connectivity index (χ1) is 8.99. The number of halogens is 1. The molecule has 1 unspecified atom stereocenters. The van der Waals surface area contributed by atoms with E-state index in [1.54, 1.807) is 24.3 Å². The van der Waals surface area contributed by atoms with E-state index < -0.39 is 23.6 Å². The van der Waals surface area contributed by atoms with Gasteiger partial charge in [0.2, 0.25) is 0 Å². The lowest BCUT2D eigenvalue weighted by molar-refractivity contribution is -0.159. The molecule has 0 N–H and O–H groups in total. The Kier molecular flexibility index (Phi) is 5.51. The van der Waals surface area contributed by atoms with Gasteiger partial charge in [-0.1, -0.05) is 23.7 Å². The number of benzene rings is 1. The highest BCUT2D eigenvalue weighted by atomic mass is 35.5. The molecule has 19 heavy (non-hydrogen) atoms. The highest BCUT2D eigenvalue weighted by Gasteiger charge is 2.33. The van der Waals surface area contributed by atoms with Crippen molar-refractivity contribution in [1.29, 1.82) is 0 Å². The van der Waals surface area contributed by atoms with E-state index in [0.717, 1.165) is 14.2 Å². The molecule has 0 radical (unpaired) electrons. The van der Waals surface area contributed by atoms with E-state index in [1.807, 2.05) is 0 Å². The summed E-state index contributed by atoms with van der Waals surface area (Å²) in [6, 6.07) is 6.60. The number of hydrogen-bond donors (Lipinski definition) is 0. The van der Waals surface area contributed by atoms with Crippen molar-refractivity contribution in [2.75, 3.05) is 14.2 Å². The van der Waals surface area contributed by atoms with E-state index in [4.69, 9.17) is 11.6 Å². The van der Waals surface area contributed by atoms with Crippen molar-refractivity contribution in [1.82, 2.24) is 0 Å². The predicted molar refractivity (Wildman–Crippen MR) is 67.7 cm³/mol. The minimum absolute atomic E-state index is 0.0533. The maximum absolute atomic E-state index is 11.7. The molecular weight excluding hydrogens is 272 g/mol. The number of carbonyl (C=O) groups is 3. The van der Waals surface area contributed by atoms with E-state index >= 15 is 0 Å². The molecule has 1 aromatic rings. The predicted octanol–water partition coefficient (Wildman–Crippen LogP) is 1.41. The molecule has 0 aliphatic heterocycles. The Balaban J connectivity index is 2.92. The molecule has 1 atom stereocenters. The zero-order valence-electron chi connectivity index (χ0n) is 10.5. The SMILES string of the molecule is COC(=O)C(=O)C(Cc1ccc(Cl)cc1)C(=O)OC. The first kappa shape index (κ1) is 15.2. The molecule has 1 aromatic carbocycles. The highest BCUT2D eigenvalue weighted by Crippen LogP contribution is 2.15. The fourth-order valence-electron chi connectivity index (χ4n) is 1.52. The van der Waals surface area contributed by atoms with Crippen molar-refractivity contribution in [3.63, 3.8) is 0 Å². The van der Waals surface area contributed by atoms with Crippen molar-refractivity contribution in [3.8, 4) is 0 Å². The van der Waals surface area contributed by atoms with Gasteiger partial charge in [-0.05, 0) is 24.1 Å². The molecule has 0 aliphatic rings. The second kappa shape index (κ2) is 6.89. The van der Waals surface area contributed by atoms with Crippen molar-refractivity contribution in [2.24, 2.45) is 5.92 Å². The fourth-order valence-corrected chi connectivity index (χ4v) is 1.65. The third kappa shape index (κ3) is 4.06. The summed E-state index contributed by atoms with van der Waals surface area (Å²) >= 11 is 5.74. The topological polar surface area (TPSA) is 69.7 Å². The van der Waals surface area contributed by atoms with Crippen molar-refractivity contribution in [2.45, 2.75) is 6.42 Å². The van der Waals surface area contributed by atoms with Crippen molar-refractivity contribution >= 4 is 29.3 Å². The fraction of sp³-hybridized carbons (Fsp3) is 0.308. The Bertz CT molecular complexity index is 480. The summed E-state index contributed by atoms with van der Waals surface area (Å²) in [5.74, 6) is -3.97. The van der Waals surface area contributed by atoms with Crippen LogP contribution in [0.15, 0.2) is 24.3 Å². The summed E-state index contributed by atoms with van der Waals surface area (Å²) in [4.78, 5) is 34.5. The minimum Gasteiger partial charge on any atom is -0.468 e. The van der Waals surface area contributed by atoms with Crippen LogP contribution in [0.4, 0.5) is 0 Å². The first-order valence-corrected chi connectivity index (χ1v) is 5.81. The molecule has 0 aliphatic carbocycles. The largest absolute Gasteiger partial charge is 0.468 e. The van der Waals surface area contributed by atoms with Gasteiger partial charge in [-0.15, -0.1) is 0 Å². The van der Waals surface area contributed by atoms with Gasteiger partial charge in [-0.3, -0.25) is 9.59 Å². The van der Waals surface area contributed by atoms with Crippen LogP contribution >= 0.6 is 11.6 Å². The summed E-state index contributed by atoms with van der Waals surface area (Å²) in [5.41, 5.74) is 0.692. The van der Waals surface area contributed by atoms with E-state index in [9.17, 15) is 14.4 Å². The van der Waals surface area contributed by atoms with Gasteiger partial charge in [0.05, 0.1) is 14.2 Å². The molecule has 0 saturated carbocycles. The molecule has 0 aromatic heterocycles. The number of esters is 2. The number of methoxy groups -OCH3 is 2. The number of rotatable bonds is 5. The molecule has 0 saturated heterocycles. The van der Waals surface area contributed by atoms with Crippen LogP contribution in [0.3, 0.4) is 0 Å². The van der Waals surface area contributed by atoms with Gasteiger partial charge < -0.3 is 9.47 Å². The Morgan fingerprint density at radius 2 is 1.68 bits per heavy atom. The van der Waals surface area contributed by atoms with Gasteiger partial charge in [-0.25, -0.2) is 4.79 Å². The van der Waals surface area contributed by atoms with Gasteiger partial charge in [0, 0.05) is 5.02 Å². The molecule has 102 valence electrons. The monoisotopic (exact) mass is 284 g/mol. The summed E-state index contributed by atoms with van der Waals surface area (Å²) < 4.78 is 8.86. The first-order valence-electron chi connectivity index (χ1n) is 5.44. The maximum atomic E-state index is 11.7. The Hall–Kier alpha value is -1.88. The van der Waals surface area contributed by atoms with E-state index in [2.05, 4.69) is 9.47 Å². The summed E-state index contributed by atoms with van der Waals surface area (Å²) in [7, 11) is 2.23. The lowest BCUT2D eigenvalue weighted by Gasteiger charge is -2.12. The standard InChI is InChI=1S/C13H13ClO5/c1-18-12(16)10(11(15)13(17)19-2)7-8-3-5-9(14)6-4-8/h3-6,10H,7H2,1-2H3. The highest BCUT2D eigenvalue weighted by molar-refractivity contribution is 6.37. The number of carbonyl (C=O) groups excluding carboxylic acids is 3. The Labute approximate surface area is 115 Å². The van der Waals surface area contributed by atoms with Gasteiger partial charge >= 0.3 is 11.9 Å². The van der Waals surface area contributed by atoms with Crippen LogP contribution < -0.4 is 0 Å². The van der Waals surface area contributed by atoms with Crippen molar-refractivity contribution < 1.29 is 23.9 Å². The van der Waals surface area contributed by atoms with Gasteiger partial charge in [0.15, 0.2) is 0 Å². The quantitative estimate of drug-likeness (QED) is 0.464. The lowest BCUT2D eigenvalue weighted by atomic mass is 9.95. The van der Waals surface area contributed by atoms with Crippen LogP contribution in [0.25, 0.3) is 0 Å². The molecule has 6 heteroatoms. The van der Waals surface area contributed by atoms with Crippen molar-refractivity contribution in [3.05, 3.63) is 34.9 Å². The van der Waals surface area contributed by atoms with E-state index in [-0.39, 0.29) is 6.42 Å². The van der Waals surface area contributed by atoms with E-state index in [1.165, 1.54) is 0 Å². The summed E-state index contributed by atoms with van der Waals surface area (Å²) in [6.45, 7) is 0. The van der Waals surface area contributed by atoms with Crippen LogP contribution in [-0.2, 0) is 30.3 Å². The maximum Gasteiger partial charge on any atom is 0.375 e. The van der Waals surface area contributed by atoms with Gasteiger partial charge in [-0.2, -0.15) is 0 Å². The Morgan fingerprint density at radius 3 is 2.16 bits per heavy atom. The zero-order valence-corrected chi connectivity index (χ0v) is 11.3. The van der Waals surface area contributed by atoms with Gasteiger partial charge in [0.25, 0.3) is 5.78 Å². The molecule has 0 amide bonds. The smallest absolute Gasteiger partial charge is 0.375 e. The second-order valence-corrected chi connectivity index (χ2v) is 4.20. The second-order valence-electron chi connectivity index (χ2n) is 3.76. The van der Waals surface area contributed by atoms with Crippen LogP contribution in [0.1, 0.15) is 5.56 Å².